The Kier molecular flexibility index (Phi) is 4.76. The molecule has 23 heavy (non-hydrogen) atoms. The minimum absolute atomic E-state index is 0.191. The fraction of sp³-hybridized carbons (Fsp3) is 0.200. The standard InChI is InChI=1S/C15H15FN2O4S/c1-10-3-8-14(9-15(10)18(19)20)23(21,22)17-11(2)12-4-6-13(16)7-5-12/h3-9,11,17H,1-2H3. The normalized spacial score (nSPS) is 12.8. The SMILES string of the molecule is Cc1ccc(S(=O)(=O)NC(C)c2ccc(F)cc2)cc1[N+](=O)[O-]. The van der Waals surface area contributed by atoms with E-state index in [1.165, 1.54) is 43.3 Å². The van der Waals surface area contributed by atoms with Crippen molar-refractivity contribution in [1.29, 1.82) is 0 Å². The molecule has 0 aliphatic rings. The van der Waals surface area contributed by atoms with Crippen LogP contribution < -0.4 is 4.72 Å². The Morgan fingerprint density at radius 3 is 2.35 bits per heavy atom. The zero-order chi connectivity index (χ0) is 17.2. The monoisotopic (exact) mass is 338 g/mol. The smallest absolute Gasteiger partial charge is 0.258 e. The van der Waals surface area contributed by atoms with E-state index < -0.39 is 26.8 Å². The third-order valence-electron chi connectivity index (χ3n) is 3.39. The van der Waals surface area contributed by atoms with Crippen molar-refractivity contribution in [3.05, 3.63) is 69.5 Å². The van der Waals surface area contributed by atoms with Gasteiger partial charge < -0.3 is 0 Å². The van der Waals surface area contributed by atoms with Gasteiger partial charge in [0.1, 0.15) is 5.82 Å². The molecule has 1 atom stereocenters. The molecule has 2 rings (SSSR count). The largest absolute Gasteiger partial charge is 0.273 e. The van der Waals surface area contributed by atoms with E-state index in [1.807, 2.05) is 0 Å². The molecule has 0 spiro atoms. The summed E-state index contributed by atoms with van der Waals surface area (Å²) in [6.07, 6.45) is 0. The van der Waals surface area contributed by atoms with Crippen molar-refractivity contribution < 1.29 is 17.7 Å². The van der Waals surface area contributed by atoms with Gasteiger partial charge >= 0.3 is 0 Å². The van der Waals surface area contributed by atoms with Crippen LogP contribution in [0.15, 0.2) is 47.4 Å². The second-order valence-electron chi connectivity index (χ2n) is 5.10. The Bertz CT molecular complexity index is 835. The molecule has 6 nitrogen and oxygen atoms in total. The van der Waals surface area contributed by atoms with Gasteiger partial charge in [-0.05, 0) is 37.6 Å². The van der Waals surface area contributed by atoms with Crippen molar-refractivity contribution in [2.24, 2.45) is 0 Å². The molecule has 0 amide bonds. The third-order valence-corrected chi connectivity index (χ3v) is 4.93. The first-order valence-electron chi connectivity index (χ1n) is 6.73. The van der Waals surface area contributed by atoms with E-state index >= 15 is 0 Å². The number of aryl methyl sites for hydroxylation is 1. The maximum absolute atomic E-state index is 12.9. The Balaban J connectivity index is 2.30. The van der Waals surface area contributed by atoms with Gasteiger partial charge in [-0.1, -0.05) is 18.2 Å². The minimum Gasteiger partial charge on any atom is -0.258 e. The molecule has 0 aromatic heterocycles. The first-order chi connectivity index (χ1) is 10.7. The maximum Gasteiger partial charge on any atom is 0.273 e. The number of benzene rings is 2. The van der Waals surface area contributed by atoms with Gasteiger partial charge in [-0.3, -0.25) is 10.1 Å². The Morgan fingerprint density at radius 1 is 1.17 bits per heavy atom. The van der Waals surface area contributed by atoms with Gasteiger partial charge in [0.25, 0.3) is 5.69 Å². The maximum atomic E-state index is 12.9. The van der Waals surface area contributed by atoms with Crippen LogP contribution in [-0.2, 0) is 10.0 Å². The minimum atomic E-state index is -3.94. The van der Waals surface area contributed by atoms with Gasteiger partial charge in [-0.2, -0.15) is 0 Å². The summed E-state index contributed by atoms with van der Waals surface area (Å²) in [6, 6.07) is 8.52. The molecule has 1 unspecified atom stereocenters. The summed E-state index contributed by atoms with van der Waals surface area (Å²) in [4.78, 5) is 10.1. The van der Waals surface area contributed by atoms with E-state index in [2.05, 4.69) is 4.72 Å². The Labute approximate surface area is 133 Å². The van der Waals surface area contributed by atoms with Crippen LogP contribution in [0.3, 0.4) is 0 Å². The number of nitro benzene ring substituents is 1. The summed E-state index contributed by atoms with van der Waals surface area (Å²) < 4.78 is 40.1. The molecule has 8 heteroatoms. The summed E-state index contributed by atoms with van der Waals surface area (Å²) in [5.41, 5.74) is 0.694. The molecule has 0 saturated heterocycles. The van der Waals surface area contributed by atoms with Crippen molar-refractivity contribution in [2.45, 2.75) is 24.8 Å². The van der Waals surface area contributed by atoms with Crippen LogP contribution in [0.4, 0.5) is 10.1 Å². The van der Waals surface area contributed by atoms with Gasteiger partial charge in [0.15, 0.2) is 0 Å². The molecule has 0 aliphatic heterocycles. The first-order valence-corrected chi connectivity index (χ1v) is 8.22. The molecule has 0 fully saturated rings. The molecular formula is C15H15FN2O4S. The lowest BCUT2D eigenvalue weighted by Gasteiger charge is -2.15. The number of nitro groups is 1. The number of halogens is 1. The fourth-order valence-corrected chi connectivity index (χ4v) is 3.32. The number of nitrogens with zero attached hydrogens (tertiary/aromatic N) is 1. The molecule has 2 aromatic carbocycles. The number of nitrogens with one attached hydrogen (secondary N) is 1. The predicted molar refractivity (Wildman–Crippen MR) is 83.0 cm³/mol. The van der Waals surface area contributed by atoms with Crippen molar-refractivity contribution in [2.75, 3.05) is 0 Å². The van der Waals surface area contributed by atoms with Crippen LogP contribution in [0.1, 0.15) is 24.1 Å². The summed E-state index contributed by atoms with van der Waals surface area (Å²) in [5, 5.41) is 10.9. The zero-order valence-corrected chi connectivity index (χ0v) is 13.3. The van der Waals surface area contributed by atoms with Crippen molar-refractivity contribution in [1.82, 2.24) is 4.72 Å². The van der Waals surface area contributed by atoms with Crippen LogP contribution in [-0.4, -0.2) is 13.3 Å². The highest BCUT2D eigenvalue weighted by molar-refractivity contribution is 7.89. The quantitative estimate of drug-likeness (QED) is 0.670. The van der Waals surface area contributed by atoms with Crippen molar-refractivity contribution in [3.63, 3.8) is 0 Å². The molecular weight excluding hydrogens is 323 g/mol. The lowest BCUT2D eigenvalue weighted by Crippen LogP contribution is -2.27. The highest BCUT2D eigenvalue weighted by Crippen LogP contribution is 2.23. The first kappa shape index (κ1) is 17.0. The molecule has 2 aromatic rings. The zero-order valence-electron chi connectivity index (χ0n) is 12.5. The number of sulfonamides is 1. The van der Waals surface area contributed by atoms with Gasteiger partial charge in [0, 0.05) is 17.7 Å². The molecule has 0 radical (unpaired) electrons. The van der Waals surface area contributed by atoms with Crippen molar-refractivity contribution in [3.8, 4) is 0 Å². The predicted octanol–water partition coefficient (Wildman–Crippen LogP) is 3.08. The topological polar surface area (TPSA) is 89.3 Å². The summed E-state index contributed by atoms with van der Waals surface area (Å²) in [7, 11) is -3.94. The van der Waals surface area contributed by atoms with E-state index in [1.54, 1.807) is 6.92 Å². The molecule has 1 N–H and O–H groups in total. The number of hydrogen-bond donors (Lipinski definition) is 1. The highest BCUT2D eigenvalue weighted by atomic mass is 32.2. The van der Waals surface area contributed by atoms with E-state index in [0.717, 1.165) is 6.07 Å². The summed E-state index contributed by atoms with van der Waals surface area (Å²) in [5.74, 6) is -0.419. The second kappa shape index (κ2) is 6.43. The number of rotatable bonds is 5. The molecule has 122 valence electrons. The number of hydrogen-bond acceptors (Lipinski definition) is 4. The van der Waals surface area contributed by atoms with Gasteiger partial charge in [-0.15, -0.1) is 0 Å². The average molecular weight is 338 g/mol. The molecule has 0 bridgehead atoms. The van der Waals surface area contributed by atoms with E-state index in [-0.39, 0.29) is 10.6 Å². The van der Waals surface area contributed by atoms with Crippen LogP contribution in [0.5, 0.6) is 0 Å². The van der Waals surface area contributed by atoms with Crippen LogP contribution in [0, 0.1) is 22.9 Å². The Hall–Kier alpha value is -2.32. The summed E-state index contributed by atoms with van der Waals surface area (Å²) >= 11 is 0. The van der Waals surface area contributed by atoms with E-state index in [9.17, 15) is 22.9 Å². The van der Waals surface area contributed by atoms with Gasteiger partial charge in [-0.25, -0.2) is 17.5 Å². The lowest BCUT2D eigenvalue weighted by atomic mass is 10.1. The van der Waals surface area contributed by atoms with E-state index in [4.69, 9.17) is 0 Å². The van der Waals surface area contributed by atoms with Gasteiger partial charge in [0.05, 0.1) is 9.82 Å². The van der Waals surface area contributed by atoms with Gasteiger partial charge in [0.2, 0.25) is 10.0 Å². The van der Waals surface area contributed by atoms with Crippen LogP contribution in [0.25, 0.3) is 0 Å². The summed E-state index contributed by atoms with van der Waals surface area (Å²) in [6.45, 7) is 3.14. The molecule has 0 aliphatic carbocycles. The highest BCUT2D eigenvalue weighted by Gasteiger charge is 2.22. The average Bonchev–Trinajstić information content (AvgIpc) is 2.47. The van der Waals surface area contributed by atoms with Crippen molar-refractivity contribution >= 4 is 15.7 Å². The fourth-order valence-electron chi connectivity index (χ4n) is 2.07. The second-order valence-corrected chi connectivity index (χ2v) is 6.81. The van der Waals surface area contributed by atoms with Crippen LogP contribution in [0.2, 0.25) is 0 Å². The van der Waals surface area contributed by atoms with E-state index in [0.29, 0.717) is 11.1 Å². The lowest BCUT2D eigenvalue weighted by molar-refractivity contribution is -0.385. The molecule has 0 saturated carbocycles. The van der Waals surface area contributed by atoms with Crippen LogP contribution >= 0.6 is 0 Å². The Morgan fingerprint density at radius 2 is 1.78 bits per heavy atom. The third kappa shape index (κ3) is 3.91. The molecule has 0 heterocycles.